The summed E-state index contributed by atoms with van der Waals surface area (Å²) in [7, 11) is 0. The maximum Gasteiger partial charge on any atom is 0.308 e. The topological polar surface area (TPSA) is 90.3 Å². The van der Waals surface area contributed by atoms with E-state index in [0.29, 0.717) is 38.1 Å². The summed E-state index contributed by atoms with van der Waals surface area (Å²) >= 11 is 0. The van der Waals surface area contributed by atoms with Gasteiger partial charge in [-0.15, -0.1) is 0 Å². The normalized spacial score (nSPS) is 21.0. The maximum atomic E-state index is 12.7. The van der Waals surface area contributed by atoms with E-state index in [0.717, 1.165) is 5.56 Å². The highest BCUT2D eigenvalue weighted by atomic mass is 16.4. The van der Waals surface area contributed by atoms with Crippen LogP contribution in [0.2, 0.25) is 0 Å². The average molecular weight is 343 g/mol. The quantitative estimate of drug-likeness (QED) is 0.897. The second-order valence-corrected chi connectivity index (χ2v) is 6.41. The number of rotatable bonds is 4. The van der Waals surface area contributed by atoms with Crippen LogP contribution in [0.4, 0.5) is 0 Å². The second kappa shape index (κ2) is 7.46. The Labute approximate surface area is 145 Å². The van der Waals surface area contributed by atoms with Gasteiger partial charge in [0.15, 0.2) is 0 Å². The van der Waals surface area contributed by atoms with Crippen LogP contribution in [0.5, 0.6) is 0 Å². The monoisotopic (exact) mass is 343 g/mol. The fourth-order valence-electron chi connectivity index (χ4n) is 3.18. The molecule has 132 valence electrons. The molecule has 1 aromatic rings. The third-order valence-electron chi connectivity index (χ3n) is 4.58. The number of carbonyl (C=O) groups is 3. The van der Waals surface area contributed by atoms with Crippen molar-refractivity contribution in [1.29, 1.82) is 0 Å². The Morgan fingerprint density at radius 1 is 1.20 bits per heavy atom. The number of carbonyl (C=O) groups excluding carboxylic acids is 2. The zero-order chi connectivity index (χ0) is 17.8. The first-order chi connectivity index (χ1) is 12.0. The van der Waals surface area contributed by atoms with Crippen LogP contribution in [0.25, 0.3) is 0 Å². The Bertz CT molecular complexity index is 702. The summed E-state index contributed by atoms with van der Waals surface area (Å²) in [5.41, 5.74) is 1.28. The molecule has 7 heteroatoms. The molecular formula is C18H21N3O4. The van der Waals surface area contributed by atoms with Crippen LogP contribution in [0, 0.1) is 5.92 Å². The summed E-state index contributed by atoms with van der Waals surface area (Å²) in [6.07, 6.45) is 1.80. The van der Waals surface area contributed by atoms with E-state index < -0.39 is 11.9 Å². The van der Waals surface area contributed by atoms with Gasteiger partial charge in [0.05, 0.1) is 12.5 Å². The van der Waals surface area contributed by atoms with E-state index in [1.165, 1.54) is 5.01 Å². The van der Waals surface area contributed by atoms with E-state index >= 15 is 0 Å². The molecule has 3 rings (SSSR count). The number of amides is 2. The molecule has 2 aliphatic heterocycles. The lowest BCUT2D eigenvalue weighted by atomic mass is 9.97. The van der Waals surface area contributed by atoms with Gasteiger partial charge in [-0.25, -0.2) is 5.01 Å². The third-order valence-corrected chi connectivity index (χ3v) is 4.58. The van der Waals surface area contributed by atoms with Gasteiger partial charge in [0.25, 0.3) is 5.91 Å². The molecule has 0 radical (unpaired) electrons. The number of carboxylic acids is 1. The van der Waals surface area contributed by atoms with Crippen molar-refractivity contribution in [3.05, 3.63) is 35.9 Å². The van der Waals surface area contributed by atoms with Gasteiger partial charge in [-0.2, -0.15) is 5.10 Å². The van der Waals surface area contributed by atoms with Crippen LogP contribution in [-0.2, 0) is 20.9 Å². The lowest BCUT2D eigenvalue weighted by Gasteiger charge is -2.32. The Hall–Kier alpha value is -2.70. The molecule has 1 fully saturated rings. The van der Waals surface area contributed by atoms with Gasteiger partial charge in [-0.1, -0.05) is 30.3 Å². The minimum atomic E-state index is -0.871. The van der Waals surface area contributed by atoms with E-state index in [2.05, 4.69) is 5.10 Å². The lowest BCUT2D eigenvalue weighted by Crippen LogP contribution is -2.47. The van der Waals surface area contributed by atoms with Crippen molar-refractivity contribution in [2.24, 2.45) is 11.0 Å². The van der Waals surface area contributed by atoms with Crippen molar-refractivity contribution >= 4 is 23.5 Å². The van der Waals surface area contributed by atoms with E-state index in [4.69, 9.17) is 5.11 Å². The Balaban J connectivity index is 1.72. The highest BCUT2D eigenvalue weighted by molar-refractivity contribution is 6.39. The molecular weight excluding hydrogens is 322 g/mol. The predicted octanol–water partition coefficient (Wildman–Crippen LogP) is 1.49. The van der Waals surface area contributed by atoms with Crippen molar-refractivity contribution < 1.29 is 19.5 Å². The van der Waals surface area contributed by atoms with Gasteiger partial charge in [-0.3, -0.25) is 14.4 Å². The number of carboxylic acid groups (broad SMARTS) is 1. The predicted molar refractivity (Wildman–Crippen MR) is 90.6 cm³/mol. The van der Waals surface area contributed by atoms with E-state index in [9.17, 15) is 14.4 Å². The van der Waals surface area contributed by atoms with Crippen LogP contribution in [-0.4, -0.2) is 51.6 Å². The minimum Gasteiger partial charge on any atom is -0.481 e. The van der Waals surface area contributed by atoms with Gasteiger partial charge in [0, 0.05) is 25.9 Å². The molecule has 2 aliphatic rings. The molecule has 0 spiro atoms. The van der Waals surface area contributed by atoms with E-state index in [-0.39, 0.29) is 24.8 Å². The number of likely N-dealkylation sites (tertiary alicyclic amines) is 1. The highest BCUT2D eigenvalue weighted by Gasteiger charge is 2.32. The number of aliphatic carboxylic acids is 1. The second-order valence-electron chi connectivity index (χ2n) is 6.41. The number of hydrogen-bond acceptors (Lipinski definition) is 4. The van der Waals surface area contributed by atoms with Crippen molar-refractivity contribution in [2.45, 2.75) is 32.2 Å². The number of hydrogen-bond donors (Lipinski definition) is 1. The number of piperidine rings is 1. The fraction of sp³-hybridized carbons (Fsp3) is 0.444. The summed E-state index contributed by atoms with van der Waals surface area (Å²) in [5.74, 6) is -1.76. The van der Waals surface area contributed by atoms with Crippen LogP contribution in [0.1, 0.15) is 31.2 Å². The molecule has 1 N–H and O–H groups in total. The molecule has 2 heterocycles. The zero-order valence-corrected chi connectivity index (χ0v) is 13.9. The molecule has 2 amide bonds. The molecule has 0 saturated carbocycles. The SMILES string of the molecule is O=C(O)[C@H]1CCCN(C(=O)C2=NN(Cc3ccccc3)C(=O)CC2)C1. The number of benzene rings is 1. The zero-order valence-electron chi connectivity index (χ0n) is 13.9. The summed E-state index contributed by atoms with van der Waals surface area (Å²) in [6.45, 7) is 1.07. The van der Waals surface area contributed by atoms with Gasteiger partial charge >= 0.3 is 5.97 Å². The maximum absolute atomic E-state index is 12.7. The van der Waals surface area contributed by atoms with Crippen molar-refractivity contribution in [3.8, 4) is 0 Å². The van der Waals surface area contributed by atoms with Gasteiger partial charge in [0.2, 0.25) is 5.91 Å². The summed E-state index contributed by atoms with van der Waals surface area (Å²) in [5, 5.41) is 14.8. The van der Waals surface area contributed by atoms with Gasteiger partial charge in [-0.05, 0) is 18.4 Å². The minimum absolute atomic E-state index is 0.109. The average Bonchev–Trinajstić information content (AvgIpc) is 2.64. The number of nitrogens with zero attached hydrogens (tertiary/aromatic N) is 3. The Morgan fingerprint density at radius 2 is 1.96 bits per heavy atom. The van der Waals surface area contributed by atoms with Crippen molar-refractivity contribution in [2.75, 3.05) is 13.1 Å². The number of hydrazone groups is 1. The first-order valence-electron chi connectivity index (χ1n) is 8.48. The Morgan fingerprint density at radius 3 is 2.68 bits per heavy atom. The van der Waals surface area contributed by atoms with Crippen LogP contribution >= 0.6 is 0 Å². The van der Waals surface area contributed by atoms with E-state index in [1.807, 2.05) is 30.3 Å². The first kappa shape index (κ1) is 17.1. The fourth-order valence-corrected chi connectivity index (χ4v) is 3.18. The van der Waals surface area contributed by atoms with Crippen LogP contribution in [0.3, 0.4) is 0 Å². The molecule has 25 heavy (non-hydrogen) atoms. The molecule has 0 aromatic heterocycles. The van der Waals surface area contributed by atoms with Gasteiger partial charge < -0.3 is 10.0 Å². The summed E-state index contributed by atoms with van der Waals surface area (Å²) in [6, 6.07) is 9.48. The summed E-state index contributed by atoms with van der Waals surface area (Å²) < 4.78 is 0. The van der Waals surface area contributed by atoms with Crippen LogP contribution < -0.4 is 0 Å². The highest BCUT2D eigenvalue weighted by Crippen LogP contribution is 2.20. The summed E-state index contributed by atoms with van der Waals surface area (Å²) in [4.78, 5) is 37.5. The first-order valence-corrected chi connectivity index (χ1v) is 8.48. The Kier molecular flexibility index (Phi) is 5.11. The smallest absolute Gasteiger partial charge is 0.308 e. The molecule has 1 aromatic carbocycles. The molecule has 1 atom stereocenters. The van der Waals surface area contributed by atoms with Gasteiger partial charge in [0.1, 0.15) is 5.71 Å². The third kappa shape index (κ3) is 4.04. The van der Waals surface area contributed by atoms with Crippen molar-refractivity contribution in [1.82, 2.24) is 9.91 Å². The molecule has 1 saturated heterocycles. The lowest BCUT2D eigenvalue weighted by molar-refractivity contribution is -0.144. The molecule has 7 nitrogen and oxygen atoms in total. The van der Waals surface area contributed by atoms with Crippen LogP contribution in [0.15, 0.2) is 35.4 Å². The van der Waals surface area contributed by atoms with Crippen molar-refractivity contribution in [3.63, 3.8) is 0 Å². The molecule has 0 unspecified atom stereocenters. The molecule has 0 aliphatic carbocycles. The van der Waals surface area contributed by atoms with E-state index in [1.54, 1.807) is 4.90 Å². The molecule has 0 bridgehead atoms. The standard InChI is InChI=1S/C18H21N3O4/c22-16-9-8-15(19-21(16)11-13-5-2-1-3-6-13)17(23)20-10-4-7-14(12-20)18(24)25/h1-3,5-6,14H,4,7-12H2,(H,24,25)/t14-/m0/s1. The largest absolute Gasteiger partial charge is 0.481 e.